The van der Waals surface area contributed by atoms with Gasteiger partial charge in [0.1, 0.15) is 5.82 Å². The Morgan fingerprint density at radius 1 is 1.35 bits per heavy atom. The molecule has 1 aliphatic carbocycles. The second-order valence-corrected chi connectivity index (χ2v) is 5.30. The molecule has 1 aromatic rings. The average Bonchev–Trinajstić information content (AvgIpc) is 2.39. The number of aliphatic carboxylic acids is 1. The van der Waals surface area contributed by atoms with Crippen LogP contribution in [0.3, 0.4) is 0 Å². The van der Waals surface area contributed by atoms with Gasteiger partial charge in [0.2, 0.25) is 0 Å². The Labute approximate surface area is 117 Å². The summed E-state index contributed by atoms with van der Waals surface area (Å²) in [4.78, 5) is 26.7. The van der Waals surface area contributed by atoms with Crippen molar-refractivity contribution in [2.24, 2.45) is 5.73 Å². The molecular weight excluding hydrogens is 258 g/mol. The van der Waals surface area contributed by atoms with Gasteiger partial charge in [0.15, 0.2) is 0 Å². The minimum absolute atomic E-state index is 0.0157. The summed E-state index contributed by atoms with van der Waals surface area (Å²) in [6, 6.07) is 3.23. The van der Waals surface area contributed by atoms with Gasteiger partial charge in [-0.3, -0.25) is 9.59 Å². The van der Waals surface area contributed by atoms with Gasteiger partial charge in [-0.05, 0) is 25.0 Å². The number of hydrogen-bond donors (Lipinski definition) is 3. The molecule has 0 spiro atoms. The van der Waals surface area contributed by atoms with E-state index >= 15 is 0 Å². The number of primary amides is 1. The van der Waals surface area contributed by atoms with Crippen molar-refractivity contribution in [3.8, 4) is 0 Å². The maximum absolute atomic E-state index is 11.4. The highest BCUT2D eigenvalue weighted by Gasteiger charge is 2.35. The third kappa shape index (κ3) is 3.26. The number of nitrogens with zero attached hydrogens (tertiary/aromatic N) is 1. The fraction of sp³-hybridized carbons (Fsp3) is 0.500. The first-order chi connectivity index (χ1) is 9.52. The van der Waals surface area contributed by atoms with Gasteiger partial charge in [-0.1, -0.05) is 19.3 Å². The molecule has 0 aliphatic heterocycles. The summed E-state index contributed by atoms with van der Waals surface area (Å²) in [6.07, 6.45) is 6.14. The second-order valence-electron chi connectivity index (χ2n) is 5.30. The predicted molar refractivity (Wildman–Crippen MR) is 74.4 cm³/mol. The van der Waals surface area contributed by atoms with Crippen LogP contribution >= 0.6 is 0 Å². The van der Waals surface area contributed by atoms with E-state index in [0.717, 1.165) is 32.1 Å². The van der Waals surface area contributed by atoms with Gasteiger partial charge < -0.3 is 16.2 Å². The molecule has 0 saturated heterocycles. The highest BCUT2D eigenvalue weighted by Crippen LogP contribution is 2.34. The predicted octanol–water partition coefficient (Wildman–Crippen LogP) is 1.77. The molecule has 0 unspecified atom stereocenters. The lowest BCUT2D eigenvalue weighted by Gasteiger charge is -2.37. The summed E-state index contributed by atoms with van der Waals surface area (Å²) in [7, 11) is 0. The summed E-state index contributed by atoms with van der Waals surface area (Å²) in [5.74, 6) is -1.04. The van der Waals surface area contributed by atoms with Gasteiger partial charge in [-0.2, -0.15) is 0 Å². The number of carbonyl (C=O) groups is 2. The maximum Gasteiger partial charge on any atom is 0.305 e. The summed E-state index contributed by atoms with van der Waals surface area (Å²) in [6.45, 7) is 0. The Bertz CT molecular complexity index is 510. The molecule has 20 heavy (non-hydrogen) atoms. The number of aromatic nitrogens is 1. The van der Waals surface area contributed by atoms with Crippen LogP contribution in [0.1, 0.15) is 48.9 Å². The number of rotatable bonds is 5. The summed E-state index contributed by atoms with van der Waals surface area (Å²) in [5.41, 5.74) is 5.08. The highest BCUT2D eigenvalue weighted by molar-refractivity contribution is 5.97. The quantitative estimate of drug-likeness (QED) is 0.760. The van der Waals surface area contributed by atoms with E-state index in [1.54, 1.807) is 18.3 Å². The molecule has 108 valence electrons. The van der Waals surface area contributed by atoms with Crippen LogP contribution in [-0.4, -0.2) is 27.5 Å². The molecule has 1 fully saturated rings. The zero-order valence-electron chi connectivity index (χ0n) is 11.3. The van der Waals surface area contributed by atoms with E-state index in [-0.39, 0.29) is 6.42 Å². The van der Waals surface area contributed by atoms with Crippen molar-refractivity contribution in [3.05, 3.63) is 23.9 Å². The Morgan fingerprint density at radius 3 is 2.65 bits per heavy atom. The highest BCUT2D eigenvalue weighted by atomic mass is 16.4. The lowest BCUT2D eigenvalue weighted by molar-refractivity contribution is -0.138. The molecule has 1 heterocycles. The Hall–Kier alpha value is -2.11. The van der Waals surface area contributed by atoms with Crippen LogP contribution < -0.4 is 11.1 Å². The van der Waals surface area contributed by atoms with Crippen LogP contribution in [0, 0.1) is 0 Å². The van der Waals surface area contributed by atoms with Crippen molar-refractivity contribution in [2.75, 3.05) is 5.32 Å². The minimum atomic E-state index is -0.851. The first-order valence-corrected chi connectivity index (χ1v) is 6.77. The zero-order valence-corrected chi connectivity index (χ0v) is 11.3. The van der Waals surface area contributed by atoms with Gasteiger partial charge in [-0.15, -0.1) is 0 Å². The fourth-order valence-corrected chi connectivity index (χ4v) is 2.82. The number of carbonyl (C=O) groups excluding carboxylic acids is 1. The fourth-order valence-electron chi connectivity index (χ4n) is 2.82. The van der Waals surface area contributed by atoms with Crippen LogP contribution in [0.2, 0.25) is 0 Å². The van der Waals surface area contributed by atoms with E-state index in [1.807, 2.05) is 0 Å². The number of hydrogen-bond acceptors (Lipinski definition) is 4. The SMILES string of the molecule is NC(=O)c1cccnc1NC1(CC(=O)O)CCCCC1. The van der Waals surface area contributed by atoms with Gasteiger partial charge in [0, 0.05) is 11.7 Å². The van der Waals surface area contributed by atoms with Crippen molar-refractivity contribution >= 4 is 17.7 Å². The molecule has 6 heteroatoms. The molecule has 1 aliphatic rings. The Balaban J connectivity index is 2.28. The summed E-state index contributed by atoms with van der Waals surface area (Å²) in [5, 5.41) is 12.3. The van der Waals surface area contributed by atoms with Crippen molar-refractivity contribution in [1.82, 2.24) is 4.98 Å². The van der Waals surface area contributed by atoms with E-state index in [0.29, 0.717) is 11.4 Å². The number of carboxylic acids is 1. The molecule has 1 aromatic heterocycles. The van der Waals surface area contributed by atoms with Crippen molar-refractivity contribution in [1.29, 1.82) is 0 Å². The largest absolute Gasteiger partial charge is 0.481 e. The van der Waals surface area contributed by atoms with E-state index < -0.39 is 17.4 Å². The third-order valence-electron chi connectivity index (χ3n) is 3.76. The van der Waals surface area contributed by atoms with Gasteiger partial charge in [-0.25, -0.2) is 4.98 Å². The molecule has 1 saturated carbocycles. The van der Waals surface area contributed by atoms with Crippen LogP contribution in [-0.2, 0) is 4.79 Å². The number of anilines is 1. The maximum atomic E-state index is 11.4. The summed E-state index contributed by atoms with van der Waals surface area (Å²) >= 11 is 0. The molecular formula is C14H19N3O3. The van der Waals surface area contributed by atoms with E-state index in [4.69, 9.17) is 10.8 Å². The smallest absolute Gasteiger partial charge is 0.305 e. The standard InChI is InChI=1S/C14H19N3O3/c15-12(20)10-5-4-8-16-13(10)17-14(9-11(18)19)6-2-1-3-7-14/h4-5,8H,1-3,6-7,9H2,(H2,15,20)(H,16,17)(H,18,19). The van der Waals surface area contributed by atoms with Crippen LogP contribution in [0.5, 0.6) is 0 Å². The second kappa shape index (κ2) is 5.90. The minimum Gasteiger partial charge on any atom is -0.481 e. The number of nitrogens with one attached hydrogen (secondary N) is 1. The van der Waals surface area contributed by atoms with Crippen molar-refractivity contribution in [3.63, 3.8) is 0 Å². The third-order valence-corrected chi connectivity index (χ3v) is 3.76. The lowest BCUT2D eigenvalue weighted by atomic mass is 9.79. The number of carboxylic acid groups (broad SMARTS) is 1. The molecule has 1 amide bonds. The zero-order chi connectivity index (χ0) is 14.6. The molecule has 0 atom stereocenters. The van der Waals surface area contributed by atoms with E-state index in [9.17, 15) is 9.59 Å². The van der Waals surface area contributed by atoms with E-state index in [2.05, 4.69) is 10.3 Å². The first kappa shape index (κ1) is 14.3. The van der Waals surface area contributed by atoms with Gasteiger partial charge in [0.05, 0.1) is 12.0 Å². The molecule has 4 N–H and O–H groups in total. The normalized spacial score (nSPS) is 17.4. The first-order valence-electron chi connectivity index (χ1n) is 6.77. The molecule has 2 rings (SSSR count). The van der Waals surface area contributed by atoms with Crippen LogP contribution in [0.15, 0.2) is 18.3 Å². The molecule has 0 radical (unpaired) electrons. The number of pyridine rings is 1. The van der Waals surface area contributed by atoms with Crippen molar-refractivity contribution in [2.45, 2.75) is 44.1 Å². The van der Waals surface area contributed by atoms with Crippen LogP contribution in [0.4, 0.5) is 5.82 Å². The van der Waals surface area contributed by atoms with E-state index in [1.165, 1.54) is 0 Å². The number of nitrogens with two attached hydrogens (primary N) is 1. The summed E-state index contributed by atoms with van der Waals surface area (Å²) < 4.78 is 0. The molecule has 0 aromatic carbocycles. The molecule has 0 bridgehead atoms. The Morgan fingerprint density at radius 2 is 2.05 bits per heavy atom. The topological polar surface area (TPSA) is 105 Å². The van der Waals surface area contributed by atoms with Gasteiger partial charge in [0.25, 0.3) is 5.91 Å². The number of amides is 1. The average molecular weight is 277 g/mol. The lowest BCUT2D eigenvalue weighted by Crippen LogP contribution is -2.43. The molecule has 6 nitrogen and oxygen atoms in total. The monoisotopic (exact) mass is 277 g/mol. The van der Waals surface area contributed by atoms with Crippen LogP contribution in [0.25, 0.3) is 0 Å². The van der Waals surface area contributed by atoms with Gasteiger partial charge >= 0.3 is 5.97 Å². The Kier molecular flexibility index (Phi) is 4.22. The van der Waals surface area contributed by atoms with Crippen molar-refractivity contribution < 1.29 is 14.7 Å².